The van der Waals surface area contributed by atoms with Crippen LogP contribution in [0.25, 0.3) is 11.4 Å². The molecule has 0 saturated heterocycles. The van der Waals surface area contributed by atoms with Gasteiger partial charge in [-0.25, -0.2) is 0 Å². The van der Waals surface area contributed by atoms with Crippen molar-refractivity contribution in [3.05, 3.63) is 22.9 Å². The van der Waals surface area contributed by atoms with Gasteiger partial charge in [0.15, 0.2) is 5.82 Å². The summed E-state index contributed by atoms with van der Waals surface area (Å²) in [5.41, 5.74) is 11.6. The van der Waals surface area contributed by atoms with Crippen molar-refractivity contribution >= 4 is 27.8 Å². The van der Waals surface area contributed by atoms with Crippen molar-refractivity contribution in [1.29, 1.82) is 0 Å². The Morgan fingerprint density at radius 3 is 2.27 bits per heavy atom. The van der Waals surface area contributed by atoms with E-state index >= 15 is 0 Å². The molecule has 0 saturated carbocycles. The SMILES string of the molecule is Nc1nc(N)nc(-c2cncc(Br)c2)n1. The van der Waals surface area contributed by atoms with Crippen molar-refractivity contribution in [3.63, 3.8) is 0 Å². The highest BCUT2D eigenvalue weighted by atomic mass is 79.9. The number of hydrogen-bond acceptors (Lipinski definition) is 6. The van der Waals surface area contributed by atoms with Crippen LogP contribution in [0.1, 0.15) is 0 Å². The first kappa shape index (κ1) is 9.78. The van der Waals surface area contributed by atoms with Crippen LogP contribution in [-0.2, 0) is 0 Å². The average molecular weight is 267 g/mol. The second-order valence-electron chi connectivity index (χ2n) is 2.77. The Labute approximate surface area is 93.9 Å². The largest absolute Gasteiger partial charge is 0.368 e. The Kier molecular flexibility index (Phi) is 2.46. The van der Waals surface area contributed by atoms with E-state index in [1.807, 2.05) is 6.07 Å². The van der Waals surface area contributed by atoms with Gasteiger partial charge in [0.25, 0.3) is 0 Å². The molecule has 0 radical (unpaired) electrons. The van der Waals surface area contributed by atoms with Crippen molar-refractivity contribution in [3.8, 4) is 11.4 Å². The molecular weight excluding hydrogens is 260 g/mol. The molecule has 2 rings (SSSR count). The third kappa shape index (κ3) is 2.18. The summed E-state index contributed by atoms with van der Waals surface area (Å²) in [5, 5.41) is 0. The molecule has 7 heteroatoms. The number of halogens is 1. The van der Waals surface area contributed by atoms with Gasteiger partial charge < -0.3 is 11.5 Å². The van der Waals surface area contributed by atoms with Gasteiger partial charge in [0, 0.05) is 22.4 Å². The lowest BCUT2D eigenvalue weighted by Crippen LogP contribution is -2.04. The first-order chi connectivity index (χ1) is 7.15. The van der Waals surface area contributed by atoms with Gasteiger partial charge in [0.1, 0.15) is 0 Å². The fourth-order valence-corrected chi connectivity index (χ4v) is 1.44. The summed E-state index contributed by atoms with van der Waals surface area (Å²) >= 11 is 3.30. The molecule has 0 aliphatic rings. The van der Waals surface area contributed by atoms with E-state index in [0.29, 0.717) is 5.82 Å². The molecule has 0 amide bonds. The summed E-state index contributed by atoms with van der Waals surface area (Å²) in [6, 6.07) is 1.82. The average Bonchev–Trinajstić information content (AvgIpc) is 2.16. The second kappa shape index (κ2) is 3.77. The molecule has 2 heterocycles. The van der Waals surface area contributed by atoms with Crippen molar-refractivity contribution < 1.29 is 0 Å². The summed E-state index contributed by atoms with van der Waals surface area (Å²) in [4.78, 5) is 15.6. The van der Waals surface area contributed by atoms with Gasteiger partial charge in [-0.3, -0.25) is 4.98 Å². The molecule has 2 aromatic rings. The molecule has 2 aromatic heterocycles. The van der Waals surface area contributed by atoms with Gasteiger partial charge in [-0.15, -0.1) is 0 Å². The molecule has 0 unspecified atom stereocenters. The first-order valence-electron chi connectivity index (χ1n) is 4.03. The lowest BCUT2D eigenvalue weighted by atomic mass is 10.3. The monoisotopic (exact) mass is 266 g/mol. The van der Waals surface area contributed by atoms with E-state index < -0.39 is 0 Å². The summed E-state index contributed by atoms with van der Waals surface area (Å²) in [5.74, 6) is 0.601. The smallest absolute Gasteiger partial charge is 0.225 e. The Morgan fingerprint density at radius 1 is 1.00 bits per heavy atom. The Hall–Kier alpha value is -1.76. The van der Waals surface area contributed by atoms with E-state index in [9.17, 15) is 0 Å². The zero-order valence-corrected chi connectivity index (χ0v) is 9.14. The molecule has 76 valence electrons. The maximum absolute atomic E-state index is 5.46. The molecule has 0 aromatic carbocycles. The molecule has 0 aliphatic carbocycles. The molecule has 0 atom stereocenters. The number of rotatable bonds is 1. The van der Waals surface area contributed by atoms with Crippen LogP contribution >= 0.6 is 15.9 Å². The second-order valence-corrected chi connectivity index (χ2v) is 3.68. The maximum Gasteiger partial charge on any atom is 0.225 e. The highest BCUT2D eigenvalue weighted by Gasteiger charge is 2.05. The van der Waals surface area contributed by atoms with E-state index in [-0.39, 0.29) is 11.9 Å². The summed E-state index contributed by atoms with van der Waals surface area (Å²) in [6.45, 7) is 0. The van der Waals surface area contributed by atoms with Crippen LogP contribution in [0.5, 0.6) is 0 Å². The maximum atomic E-state index is 5.46. The Balaban J connectivity index is 2.54. The molecule has 6 nitrogen and oxygen atoms in total. The minimum atomic E-state index is 0.0949. The van der Waals surface area contributed by atoms with Gasteiger partial charge in [-0.2, -0.15) is 15.0 Å². The molecule has 15 heavy (non-hydrogen) atoms. The van der Waals surface area contributed by atoms with Crippen molar-refractivity contribution in [2.24, 2.45) is 0 Å². The van der Waals surface area contributed by atoms with Crippen LogP contribution in [0.4, 0.5) is 11.9 Å². The zero-order chi connectivity index (χ0) is 10.8. The summed E-state index contributed by atoms with van der Waals surface area (Å²) < 4.78 is 0.831. The van der Waals surface area contributed by atoms with E-state index in [4.69, 9.17) is 11.5 Å². The quantitative estimate of drug-likeness (QED) is 0.794. The highest BCUT2D eigenvalue weighted by Crippen LogP contribution is 2.18. The molecule has 0 fully saturated rings. The molecule has 0 bridgehead atoms. The summed E-state index contributed by atoms with van der Waals surface area (Å²) in [6.07, 6.45) is 3.29. The van der Waals surface area contributed by atoms with Gasteiger partial charge in [0.2, 0.25) is 11.9 Å². The lowest BCUT2D eigenvalue weighted by Gasteiger charge is -2.01. The van der Waals surface area contributed by atoms with Crippen molar-refractivity contribution in [2.75, 3.05) is 11.5 Å². The number of aromatic nitrogens is 4. The van der Waals surface area contributed by atoms with Gasteiger partial charge in [-0.05, 0) is 22.0 Å². The van der Waals surface area contributed by atoms with E-state index in [1.165, 1.54) is 0 Å². The van der Waals surface area contributed by atoms with E-state index in [2.05, 4.69) is 35.9 Å². The van der Waals surface area contributed by atoms with E-state index in [1.54, 1.807) is 12.4 Å². The topological polar surface area (TPSA) is 104 Å². The fourth-order valence-electron chi connectivity index (χ4n) is 1.07. The first-order valence-corrected chi connectivity index (χ1v) is 4.82. The highest BCUT2D eigenvalue weighted by molar-refractivity contribution is 9.10. The predicted molar refractivity (Wildman–Crippen MR) is 59.6 cm³/mol. The van der Waals surface area contributed by atoms with Crippen LogP contribution in [0.15, 0.2) is 22.9 Å². The van der Waals surface area contributed by atoms with Gasteiger partial charge in [-0.1, -0.05) is 0 Å². The third-order valence-electron chi connectivity index (χ3n) is 1.63. The zero-order valence-electron chi connectivity index (χ0n) is 7.55. The number of pyridine rings is 1. The van der Waals surface area contributed by atoms with E-state index in [0.717, 1.165) is 10.0 Å². The van der Waals surface area contributed by atoms with Gasteiger partial charge >= 0.3 is 0 Å². The van der Waals surface area contributed by atoms with Crippen LogP contribution in [0.2, 0.25) is 0 Å². The number of nitrogens with two attached hydrogens (primary N) is 2. The number of anilines is 2. The van der Waals surface area contributed by atoms with Crippen LogP contribution < -0.4 is 11.5 Å². The fraction of sp³-hybridized carbons (Fsp3) is 0. The van der Waals surface area contributed by atoms with Gasteiger partial charge in [0.05, 0.1) is 0 Å². The minimum absolute atomic E-state index is 0.0949. The number of nitrogen functional groups attached to an aromatic ring is 2. The lowest BCUT2D eigenvalue weighted by molar-refractivity contribution is 1.08. The van der Waals surface area contributed by atoms with Crippen LogP contribution in [0.3, 0.4) is 0 Å². The summed E-state index contributed by atoms with van der Waals surface area (Å²) in [7, 11) is 0. The van der Waals surface area contributed by atoms with Crippen LogP contribution in [0, 0.1) is 0 Å². The number of hydrogen-bond donors (Lipinski definition) is 2. The molecule has 4 N–H and O–H groups in total. The Morgan fingerprint density at radius 2 is 1.67 bits per heavy atom. The molecular formula is C8H7BrN6. The standard InChI is InChI=1S/C8H7BrN6/c9-5-1-4(2-12-3-5)6-13-7(10)15-8(11)14-6/h1-3H,(H4,10,11,13,14,15). The minimum Gasteiger partial charge on any atom is -0.368 e. The van der Waals surface area contributed by atoms with Crippen molar-refractivity contribution in [2.45, 2.75) is 0 Å². The Bertz CT molecular complexity index is 480. The normalized spacial score (nSPS) is 10.2. The third-order valence-corrected chi connectivity index (χ3v) is 2.07. The molecule has 0 aliphatic heterocycles. The van der Waals surface area contributed by atoms with Crippen molar-refractivity contribution in [1.82, 2.24) is 19.9 Å². The number of nitrogens with zero attached hydrogens (tertiary/aromatic N) is 4. The predicted octanol–water partition coefficient (Wildman–Crippen LogP) is 0.860. The molecule has 0 spiro atoms. The van der Waals surface area contributed by atoms with Crippen LogP contribution in [-0.4, -0.2) is 19.9 Å².